The Balaban J connectivity index is 1.71. The third kappa shape index (κ3) is 4.23. The molecule has 1 saturated carbocycles. The Kier molecular flexibility index (Phi) is 5.77. The lowest BCUT2D eigenvalue weighted by molar-refractivity contribution is 0.304. The summed E-state index contributed by atoms with van der Waals surface area (Å²) in [7, 11) is 0. The third-order valence-corrected chi connectivity index (χ3v) is 5.38. The highest BCUT2D eigenvalue weighted by Crippen LogP contribution is 2.38. The molecule has 1 heterocycles. The molecule has 0 aliphatic heterocycles. The van der Waals surface area contributed by atoms with E-state index in [-0.39, 0.29) is 11.1 Å². The number of rotatable bonds is 5. The quantitative estimate of drug-likeness (QED) is 0.553. The van der Waals surface area contributed by atoms with E-state index < -0.39 is 17.6 Å². The number of halogens is 3. The Hall–Kier alpha value is -1.84. The van der Waals surface area contributed by atoms with Crippen LogP contribution in [0.1, 0.15) is 63.4 Å². The number of nitrogens with zero attached hydrogens (tertiary/aromatic N) is 1. The van der Waals surface area contributed by atoms with Crippen LogP contribution in [0.15, 0.2) is 30.5 Å². The van der Waals surface area contributed by atoms with Gasteiger partial charge in [0.2, 0.25) is 5.95 Å². The van der Waals surface area contributed by atoms with E-state index in [0.29, 0.717) is 5.92 Å². The van der Waals surface area contributed by atoms with Crippen LogP contribution in [-0.4, -0.2) is 4.98 Å². The van der Waals surface area contributed by atoms with E-state index >= 15 is 0 Å². The minimum atomic E-state index is -1.17. The molecule has 25 heavy (non-hydrogen) atoms. The van der Waals surface area contributed by atoms with E-state index in [4.69, 9.17) is 0 Å². The molecule has 1 aromatic heterocycles. The van der Waals surface area contributed by atoms with E-state index in [2.05, 4.69) is 11.9 Å². The maximum atomic E-state index is 14.5. The van der Waals surface area contributed by atoms with Crippen LogP contribution in [0.5, 0.6) is 0 Å². The van der Waals surface area contributed by atoms with Crippen molar-refractivity contribution in [2.75, 3.05) is 0 Å². The van der Waals surface area contributed by atoms with E-state index in [0.717, 1.165) is 36.6 Å². The van der Waals surface area contributed by atoms with E-state index in [1.807, 2.05) is 6.07 Å². The van der Waals surface area contributed by atoms with Crippen LogP contribution in [0.2, 0.25) is 0 Å². The molecule has 1 nitrogen and oxygen atoms in total. The molecular formula is C21H24F3N. The number of hydrogen-bond acceptors (Lipinski definition) is 1. The van der Waals surface area contributed by atoms with Crippen molar-refractivity contribution in [2.24, 2.45) is 5.92 Å². The number of unbranched alkanes of at least 4 members (excludes halogenated alkanes) is 1. The Bertz CT molecular complexity index is 721. The van der Waals surface area contributed by atoms with E-state index in [1.165, 1.54) is 32.1 Å². The van der Waals surface area contributed by atoms with Gasteiger partial charge in [-0.25, -0.2) is 13.8 Å². The van der Waals surface area contributed by atoms with Crippen LogP contribution in [0.25, 0.3) is 11.1 Å². The molecule has 0 spiro atoms. The Morgan fingerprint density at radius 3 is 2.40 bits per heavy atom. The van der Waals surface area contributed by atoms with Gasteiger partial charge in [-0.2, -0.15) is 4.39 Å². The van der Waals surface area contributed by atoms with Gasteiger partial charge >= 0.3 is 0 Å². The standard InChI is InChI=1S/C21H24F3N/c1-2-3-4-14-5-7-15(8-6-14)16-9-10-18(19(22)11-16)17-12-20(23)21(24)25-13-17/h9-15H,2-8H2,1H3/t14-,15-. The Morgan fingerprint density at radius 1 is 1.00 bits per heavy atom. The summed E-state index contributed by atoms with van der Waals surface area (Å²) in [5, 5.41) is 0. The average molecular weight is 347 g/mol. The van der Waals surface area contributed by atoms with Gasteiger partial charge in [-0.3, -0.25) is 0 Å². The zero-order valence-electron chi connectivity index (χ0n) is 14.6. The first-order chi connectivity index (χ1) is 12.1. The molecule has 0 radical (unpaired) electrons. The smallest absolute Gasteiger partial charge is 0.225 e. The molecule has 0 unspecified atom stereocenters. The minimum Gasteiger partial charge on any atom is -0.225 e. The SMILES string of the molecule is CCCC[C@H]1CC[C@H](c2ccc(-c3cnc(F)c(F)c3)c(F)c2)CC1. The van der Waals surface area contributed by atoms with Crippen molar-refractivity contribution in [2.45, 2.75) is 57.8 Å². The minimum absolute atomic E-state index is 0.256. The van der Waals surface area contributed by atoms with Crippen molar-refractivity contribution < 1.29 is 13.2 Å². The Labute approximate surface area is 147 Å². The maximum Gasteiger partial charge on any atom is 0.248 e. The molecule has 0 saturated heterocycles. The summed E-state index contributed by atoms with van der Waals surface area (Å²) in [4.78, 5) is 3.33. The number of hydrogen-bond donors (Lipinski definition) is 0. The maximum absolute atomic E-state index is 14.5. The number of benzene rings is 1. The van der Waals surface area contributed by atoms with E-state index in [1.54, 1.807) is 12.1 Å². The van der Waals surface area contributed by atoms with Crippen molar-refractivity contribution in [3.63, 3.8) is 0 Å². The summed E-state index contributed by atoms with van der Waals surface area (Å²) in [6.45, 7) is 2.22. The highest BCUT2D eigenvalue weighted by Gasteiger charge is 2.23. The van der Waals surface area contributed by atoms with Crippen molar-refractivity contribution in [3.05, 3.63) is 53.6 Å². The van der Waals surface area contributed by atoms with Gasteiger partial charge in [-0.1, -0.05) is 38.3 Å². The zero-order chi connectivity index (χ0) is 17.8. The zero-order valence-corrected chi connectivity index (χ0v) is 14.6. The van der Waals surface area contributed by atoms with Gasteiger partial charge in [0.05, 0.1) is 0 Å². The second kappa shape index (κ2) is 8.03. The van der Waals surface area contributed by atoms with Crippen molar-refractivity contribution in [1.29, 1.82) is 0 Å². The summed E-state index contributed by atoms with van der Waals surface area (Å²) in [5.41, 5.74) is 1.52. The number of aromatic nitrogens is 1. The molecule has 1 aliphatic rings. The van der Waals surface area contributed by atoms with Gasteiger partial charge in [-0.05, 0) is 55.2 Å². The molecule has 4 heteroatoms. The van der Waals surface area contributed by atoms with Crippen LogP contribution in [0.3, 0.4) is 0 Å². The van der Waals surface area contributed by atoms with Crippen LogP contribution < -0.4 is 0 Å². The predicted molar refractivity (Wildman–Crippen MR) is 93.8 cm³/mol. The number of pyridine rings is 1. The topological polar surface area (TPSA) is 12.9 Å². The molecule has 0 amide bonds. The highest BCUT2D eigenvalue weighted by molar-refractivity contribution is 5.63. The van der Waals surface area contributed by atoms with Crippen LogP contribution in [-0.2, 0) is 0 Å². The van der Waals surface area contributed by atoms with Gasteiger partial charge in [0.15, 0.2) is 5.82 Å². The predicted octanol–water partition coefficient (Wildman–Crippen LogP) is 6.63. The first kappa shape index (κ1) is 18.0. The Morgan fingerprint density at radius 2 is 1.76 bits per heavy atom. The second-order valence-corrected chi connectivity index (χ2v) is 7.10. The van der Waals surface area contributed by atoms with Crippen molar-refractivity contribution in [3.8, 4) is 11.1 Å². The molecule has 1 aliphatic carbocycles. The van der Waals surface area contributed by atoms with Crippen LogP contribution >= 0.6 is 0 Å². The first-order valence-corrected chi connectivity index (χ1v) is 9.19. The van der Waals surface area contributed by atoms with Gasteiger partial charge in [-0.15, -0.1) is 0 Å². The molecule has 2 aromatic rings. The molecule has 0 atom stereocenters. The summed E-state index contributed by atoms with van der Waals surface area (Å²) in [6.07, 6.45) is 9.61. The molecule has 1 aromatic carbocycles. The van der Waals surface area contributed by atoms with E-state index in [9.17, 15) is 13.2 Å². The fraction of sp³-hybridized carbons (Fsp3) is 0.476. The normalized spacial score (nSPS) is 20.6. The van der Waals surface area contributed by atoms with Crippen LogP contribution in [0, 0.1) is 23.5 Å². The third-order valence-electron chi connectivity index (χ3n) is 5.38. The molecule has 1 fully saturated rings. The molecule has 0 N–H and O–H groups in total. The average Bonchev–Trinajstić information content (AvgIpc) is 2.63. The fourth-order valence-electron chi connectivity index (χ4n) is 3.87. The van der Waals surface area contributed by atoms with Crippen molar-refractivity contribution >= 4 is 0 Å². The van der Waals surface area contributed by atoms with Gasteiger partial charge < -0.3 is 0 Å². The molecule has 3 rings (SSSR count). The first-order valence-electron chi connectivity index (χ1n) is 9.19. The summed E-state index contributed by atoms with van der Waals surface area (Å²) in [6, 6.07) is 6.10. The summed E-state index contributed by atoms with van der Waals surface area (Å²) >= 11 is 0. The molecule has 0 bridgehead atoms. The lowest BCUT2D eigenvalue weighted by Gasteiger charge is -2.29. The lowest BCUT2D eigenvalue weighted by Crippen LogP contribution is -2.13. The summed E-state index contributed by atoms with van der Waals surface area (Å²) in [5.74, 6) is -1.43. The molecule has 134 valence electrons. The summed E-state index contributed by atoms with van der Waals surface area (Å²) < 4.78 is 40.8. The monoisotopic (exact) mass is 347 g/mol. The second-order valence-electron chi connectivity index (χ2n) is 7.10. The van der Waals surface area contributed by atoms with Gasteiger partial charge in [0, 0.05) is 17.3 Å². The fourth-order valence-corrected chi connectivity index (χ4v) is 3.87. The largest absolute Gasteiger partial charge is 0.248 e. The molecular weight excluding hydrogens is 323 g/mol. The highest BCUT2D eigenvalue weighted by atomic mass is 19.2. The van der Waals surface area contributed by atoms with Gasteiger partial charge in [0.25, 0.3) is 0 Å². The van der Waals surface area contributed by atoms with Crippen molar-refractivity contribution in [1.82, 2.24) is 4.98 Å². The van der Waals surface area contributed by atoms with Gasteiger partial charge in [0.1, 0.15) is 5.82 Å². The van der Waals surface area contributed by atoms with Crippen LogP contribution in [0.4, 0.5) is 13.2 Å². The lowest BCUT2D eigenvalue weighted by atomic mass is 9.77.